The molecule has 0 aliphatic rings. The number of hydrogen-bond acceptors (Lipinski definition) is 4. The minimum atomic E-state index is -1.02. The lowest BCUT2D eigenvalue weighted by molar-refractivity contribution is -0.134. The van der Waals surface area contributed by atoms with E-state index in [0.29, 0.717) is 0 Å². The highest BCUT2D eigenvalue weighted by atomic mass is 16.7. The monoisotopic (exact) mass is 206 g/mol. The van der Waals surface area contributed by atoms with Crippen molar-refractivity contribution >= 4 is 12.1 Å². The highest BCUT2D eigenvalue weighted by Gasteiger charge is 2.07. The smallest absolute Gasteiger partial charge is 0.429 e. The maximum atomic E-state index is 10.9. The summed E-state index contributed by atoms with van der Waals surface area (Å²) in [6.07, 6.45) is -0.132. The first kappa shape index (κ1) is 11.0. The number of carbonyl (C=O) groups is 2. The van der Waals surface area contributed by atoms with Crippen LogP contribution >= 0.6 is 0 Å². The zero-order valence-electron chi connectivity index (χ0n) is 8.01. The second-order valence-electron chi connectivity index (χ2n) is 2.65. The Labute approximate surface area is 87.1 Å². The molecule has 78 valence electrons. The molecule has 15 heavy (non-hydrogen) atoms. The molecular formula is C11H10O4. The molecule has 4 nitrogen and oxygen atoms in total. The average molecular weight is 206 g/mol. The molecule has 0 N–H and O–H groups in total. The number of benzene rings is 1. The van der Waals surface area contributed by atoms with Crippen molar-refractivity contribution in [3.63, 3.8) is 0 Å². The van der Waals surface area contributed by atoms with Gasteiger partial charge in [0.1, 0.15) is 6.61 Å². The number of ether oxygens (including phenoxy) is 2. The van der Waals surface area contributed by atoms with E-state index in [-0.39, 0.29) is 6.61 Å². The van der Waals surface area contributed by atoms with Gasteiger partial charge >= 0.3 is 12.1 Å². The molecule has 0 spiro atoms. The quantitative estimate of drug-likeness (QED) is 0.431. The van der Waals surface area contributed by atoms with E-state index < -0.39 is 12.1 Å². The molecule has 1 aromatic rings. The standard InChI is InChI=1S/C11H10O4/c1-2-10(12)15-11(13)14-8-9-6-4-3-5-7-9/h2-7H,1,8H2. The fraction of sp³-hybridized carbons (Fsp3) is 0.0909. The lowest BCUT2D eigenvalue weighted by atomic mass is 10.2. The molecule has 1 rings (SSSR count). The molecule has 0 aliphatic carbocycles. The van der Waals surface area contributed by atoms with E-state index in [4.69, 9.17) is 0 Å². The van der Waals surface area contributed by atoms with Gasteiger partial charge in [-0.1, -0.05) is 36.9 Å². The molecule has 0 saturated carbocycles. The molecule has 0 radical (unpaired) electrons. The van der Waals surface area contributed by atoms with Crippen molar-refractivity contribution in [1.29, 1.82) is 0 Å². The molecule has 0 fully saturated rings. The van der Waals surface area contributed by atoms with Crippen molar-refractivity contribution in [2.75, 3.05) is 0 Å². The second-order valence-corrected chi connectivity index (χ2v) is 2.65. The van der Waals surface area contributed by atoms with Crippen LogP contribution in [0, 0.1) is 0 Å². The third-order valence-electron chi connectivity index (χ3n) is 1.55. The summed E-state index contributed by atoms with van der Waals surface area (Å²) in [4.78, 5) is 21.5. The SMILES string of the molecule is C=CC(=O)OC(=O)OCc1ccccc1. The third-order valence-corrected chi connectivity index (χ3v) is 1.55. The van der Waals surface area contributed by atoms with Crippen LogP contribution in [0.5, 0.6) is 0 Å². The summed E-state index contributed by atoms with van der Waals surface area (Å²) in [5.41, 5.74) is 0.820. The van der Waals surface area contributed by atoms with Crippen LogP contribution < -0.4 is 0 Å². The van der Waals surface area contributed by atoms with E-state index in [9.17, 15) is 9.59 Å². The first-order valence-corrected chi connectivity index (χ1v) is 4.27. The van der Waals surface area contributed by atoms with Gasteiger partial charge in [0.2, 0.25) is 0 Å². The largest absolute Gasteiger partial charge is 0.516 e. The molecule has 0 bridgehead atoms. The predicted octanol–water partition coefficient (Wildman–Crippen LogP) is 2.05. The number of esters is 1. The van der Waals surface area contributed by atoms with Crippen molar-refractivity contribution in [3.8, 4) is 0 Å². The highest BCUT2D eigenvalue weighted by molar-refractivity contribution is 5.89. The number of rotatable bonds is 3. The molecule has 0 saturated heterocycles. The summed E-state index contributed by atoms with van der Waals surface area (Å²) in [5.74, 6) is -0.826. The molecule has 0 amide bonds. The molecule has 0 aromatic heterocycles. The zero-order chi connectivity index (χ0) is 11.1. The van der Waals surface area contributed by atoms with Crippen molar-refractivity contribution in [2.45, 2.75) is 6.61 Å². The van der Waals surface area contributed by atoms with Crippen molar-refractivity contribution in [1.82, 2.24) is 0 Å². The van der Waals surface area contributed by atoms with Gasteiger partial charge in [-0.3, -0.25) is 0 Å². The number of hydrogen-bond donors (Lipinski definition) is 0. The Morgan fingerprint density at radius 2 is 1.93 bits per heavy atom. The Morgan fingerprint density at radius 3 is 2.53 bits per heavy atom. The van der Waals surface area contributed by atoms with Gasteiger partial charge in [-0.2, -0.15) is 0 Å². The van der Waals surface area contributed by atoms with Gasteiger partial charge < -0.3 is 9.47 Å². The predicted molar refractivity (Wildman–Crippen MR) is 52.9 cm³/mol. The van der Waals surface area contributed by atoms with E-state index in [1.54, 1.807) is 12.1 Å². The van der Waals surface area contributed by atoms with Crippen LogP contribution in [0.2, 0.25) is 0 Å². The second kappa shape index (κ2) is 5.59. The summed E-state index contributed by atoms with van der Waals surface area (Å²) in [6.45, 7) is 3.22. The van der Waals surface area contributed by atoms with E-state index >= 15 is 0 Å². The van der Waals surface area contributed by atoms with Gasteiger partial charge in [0.15, 0.2) is 0 Å². The fourth-order valence-corrected chi connectivity index (χ4v) is 0.870. The molecule has 0 heterocycles. The number of carbonyl (C=O) groups excluding carboxylic acids is 2. The Balaban J connectivity index is 2.35. The topological polar surface area (TPSA) is 52.6 Å². The lowest BCUT2D eigenvalue weighted by Crippen LogP contribution is -2.11. The summed E-state index contributed by atoms with van der Waals surface area (Å²) in [5, 5.41) is 0. The van der Waals surface area contributed by atoms with Crippen LogP contribution in [0.25, 0.3) is 0 Å². The summed E-state index contributed by atoms with van der Waals surface area (Å²) < 4.78 is 8.87. The van der Waals surface area contributed by atoms with Gasteiger partial charge in [0.25, 0.3) is 0 Å². The Bertz CT molecular complexity index is 356. The minimum Gasteiger partial charge on any atom is -0.429 e. The van der Waals surface area contributed by atoms with Crippen LogP contribution in [0.3, 0.4) is 0 Å². The molecule has 0 unspecified atom stereocenters. The third kappa shape index (κ3) is 4.08. The Morgan fingerprint density at radius 1 is 1.27 bits per heavy atom. The van der Waals surface area contributed by atoms with Crippen LogP contribution in [0.1, 0.15) is 5.56 Å². The maximum Gasteiger partial charge on any atom is 0.516 e. The maximum absolute atomic E-state index is 10.9. The van der Waals surface area contributed by atoms with E-state index in [0.717, 1.165) is 11.6 Å². The zero-order valence-corrected chi connectivity index (χ0v) is 8.01. The highest BCUT2D eigenvalue weighted by Crippen LogP contribution is 2.01. The van der Waals surface area contributed by atoms with Gasteiger partial charge in [0, 0.05) is 6.08 Å². The first-order valence-electron chi connectivity index (χ1n) is 4.27. The Kier molecular flexibility index (Phi) is 4.09. The average Bonchev–Trinajstić information content (AvgIpc) is 2.27. The Hall–Kier alpha value is -2.10. The van der Waals surface area contributed by atoms with Gasteiger partial charge in [0.05, 0.1) is 0 Å². The van der Waals surface area contributed by atoms with Crippen LogP contribution in [-0.4, -0.2) is 12.1 Å². The van der Waals surface area contributed by atoms with Crippen molar-refractivity contribution < 1.29 is 19.1 Å². The van der Waals surface area contributed by atoms with Crippen molar-refractivity contribution in [3.05, 3.63) is 48.6 Å². The van der Waals surface area contributed by atoms with Gasteiger partial charge in [-0.25, -0.2) is 9.59 Å². The molecule has 0 atom stereocenters. The normalized spacial score (nSPS) is 9.07. The summed E-state index contributed by atoms with van der Waals surface area (Å²) in [6, 6.07) is 9.08. The van der Waals surface area contributed by atoms with Crippen LogP contribution in [0.15, 0.2) is 43.0 Å². The van der Waals surface area contributed by atoms with Gasteiger partial charge in [-0.15, -0.1) is 0 Å². The molecule has 1 aromatic carbocycles. The fourth-order valence-electron chi connectivity index (χ4n) is 0.870. The summed E-state index contributed by atoms with van der Waals surface area (Å²) >= 11 is 0. The molecule has 4 heteroatoms. The van der Waals surface area contributed by atoms with Crippen LogP contribution in [0.4, 0.5) is 4.79 Å². The van der Waals surface area contributed by atoms with E-state index in [1.807, 2.05) is 18.2 Å². The molecule has 0 aliphatic heterocycles. The van der Waals surface area contributed by atoms with E-state index in [1.165, 1.54) is 0 Å². The molecular weight excluding hydrogens is 196 g/mol. The lowest BCUT2D eigenvalue weighted by Gasteiger charge is -2.02. The van der Waals surface area contributed by atoms with E-state index in [2.05, 4.69) is 16.1 Å². The first-order chi connectivity index (χ1) is 7.22. The van der Waals surface area contributed by atoms with Crippen LogP contribution in [-0.2, 0) is 20.9 Å². The van der Waals surface area contributed by atoms with Crippen molar-refractivity contribution in [2.24, 2.45) is 0 Å². The van der Waals surface area contributed by atoms with Gasteiger partial charge in [-0.05, 0) is 5.56 Å². The minimum absolute atomic E-state index is 0.0735. The summed E-state index contributed by atoms with van der Waals surface area (Å²) in [7, 11) is 0.